The predicted octanol–water partition coefficient (Wildman–Crippen LogP) is 2.99. The Labute approximate surface area is 124 Å². The summed E-state index contributed by atoms with van der Waals surface area (Å²) in [5, 5.41) is 24.1. The second-order valence-corrected chi connectivity index (χ2v) is 4.84. The Balaban J connectivity index is 2.13. The molecule has 2 rings (SSSR count). The molecule has 0 radical (unpaired) electrons. The number of carboxylic acid groups (broad SMARTS) is 1. The summed E-state index contributed by atoms with van der Waals surface area (Å²) >= 11 is 1.47. The lowest BCUT2D eigenvalue weighted by Gasteiger charge is -2.04. The van der Waals surface area contributed by atoms with Gasteiger partial charge in [0.2, 0.25) is 0 Å². The van der Waals surface area contributed by atoms with E-state index >= 15 is 0 Å². The van der Waals surface area contributed by atoms with Gasteiger partial charge in [0.05, 0.1) is 5.56 Å². The van der Waals surface area contributed by atoms with Crippen LogP contribution in [0.3, 0.4) is 0 Å². The third kappa shape index (κ3) is 3.78. The first kappa shape index (κ1) is 14.5. The Hall–Kier alpha value is -2.91. The number of hydrogen-bond donors (Lipinski definition) is 2. The molecule has 0 aliphatic heterocycles. The van der Waals surface area contributed by atoms with Gasteiger partial charge in [0.1, 0.15) is 11.6 Å². The van der Waals surface area contributed by atoms with Crippen LogP contribution in [0.15, 0.2) is 46.7 Å². The third-order valence-electron chi connectivity index (χ3n) is 2.61. The summed E-state index contributed by atoms with van der Waals surface area (Å²) < 4.78 is 0. The van der Waals surface area contributed by atoms with Gasteiger partial charge in [0.25, 0.3) is 5.91 Å². The van der Waals surface area contributed by atoms with Gasteiger partial charge in [-0.2, -0.15) is 16.6 Å². The zero-order valence-electron chi connectivity index (χ0n) is 10.7. The third-order valence-corrected chi connectivity index (χ3v) is 3.31. The number of hydrogen-bond acceptors (Lipinski definition) is 4. The highest BCUT2D eigenvalue weighted by molar-refractivity contribution is 7.08. The minimum Gasteiger partial charge on any atom is -0.478 e. The molecule has 2 aromatic rings. The van der Waals surface area contributed by atoms with Crippen LogP contribution in [0, 0.1) is 11.3 Å². The second-order valence-electron chi connectivity index (χ2n) is 4.06. The Morgan fingerprint density at radius 1 is 1.24 bits per heavy atom. The van der Waals surface area contributed by atoms with Crippen molar-refractivity contribution < 1.29 is 14.7 Å². The molecule has 0 spiro atoms. The fraction of sp³-hybridized carbons (Fsp3) is 0. The highest BCUT2D eigenvalue weighted by atomic mass is 32.1. The van der Waals surface area contributed by atoms with Gasteiger partial charge in [-0.15, -0.1) is 0 Å². The van der Waals surface area contributed by atoms with Gasteiger partial charge in [-0.3, -0.25) is 4.79 Å². The molecule has 0 bridgehead atoms. The average molecular weight is 298 g/mol. The van der Waals surface area contributed by atoms with E-state index in [1.54, 1.807) is 6.07 Å². The molecule has 1 heterocycles. The molecule has 0 atom stereocenters. The molecule has 0 saturated heterocycles. The zero-order valence-corrected chi connectivity index (χ0v) is 11.6. The molecule has 0 unspecified atom stereocenters. The quantitative estimate of drug-likeness (QED) is 0.670. The molecule has 104 valence electrons. The van der Waals surface area contributed by atoms with Crippen molar-refractivity contribution in [2.45, 2.75) is 0 Å². The Bertz CT molecular complexity index is 725. The first-order chi connectivity index (χ1) is 10.1. The number of carbonyl (C=O) groups is 2. The van der Waals surface area contributed by atoms with E-state index in [9.17, 15) is 9.59 Å². The highest BCUT2D eigenvalue weighted by Crippen LogP contribution is 2.14. The number of carboxylic acids is 1. The van der Waals surface area contributed by atoms with E-state index in [1.165, 1.54) is 41.7 Å². The molecule has 1 aromatic heterocycles. The number of rotatable bonds is 4. The topological polar surface area (TPSA) is 90.2 Å². The van der Waals surface area contributed by atoms with Crippen molar-refractivity contribution in [1.29, 1.82) is 5.26 Å². The van der Waals surface area contributed by atoms with Crippen LogP contribution in [-0.4, -0.2) is 17.0 Å². The van der Waals surface area contributed by atoms with Crippen LogP contribution in [-0.2, 0) is 4.79 Å². The fourth-order valence-corrected chi connectivity index (χ4v) is 2.18. The standard InChI is InChI=1S/C15H10N2O3S/c16-8-12(7-10-5-6-21-9-10)14(18)17-13-3-1-11(2-4-13)15(19)20/h1-7,9H,(H,17,18)(H,19,20)/b12-7-. The molecule has 6 heteroatoms. The van der Waals surface area contributed by atoms with E-state index in [1.807, 2.05) is 16.8 Å². The van der Waals surface area contributed by atoms with E-state index in [-0.39, 0.29) is 11.1 Å². The number of nitrogens with zero attached hydrogens (tertiary/aromatic N) is 1. The van der Waals surface area contributed by atoms with Crippen LogP contribution >= 0.6 is 11.3 Å². The molecule has 1 amide bonds. The lowest BCUT2D eigenvalue weighted by Crippen LogP contribution is -2.13. The minimum atomic E-state index is -1.04. The number of nitriles is 1. The molecular formula is C15H10N2O3S. The van der Waals surface area contributed by atoms with Crippen molar-refractivity contribution >= 4 is 35.0 Å². The Morgan fingerprint density at radius 3 is 2.48 bits per heavy atom. The summed E-state index contributed by atoms with van der Waals surface area (Å²) in [4.78, 5) is 22.7. The lowest BCUT2D eigenvalue weighted by molar-refractivity contribution is -0.112. The number of aromatic carboxylic acids is 1. The van der Waals surface area contributed by atoms with Crippen molar-refractivity contribution in [3.8, 4) is 6.07 Å². The van der Waals surface area contributed by atoms with Gasteiger partial charge < -0.3 is 10.4 Å². The number of amides is 1. The largest absolute Gasteiger partial charge is 0.478 e. The van der Waals surface area contributed by atoms with E-state index < -0.39 is 11.9 Å². The van der Waals surface area contributed by atoms with Gasteiger partial charge in [-0.25, -0.2) is 4.79 Å². The van der Waals surface area contributed by atoms with E-state index in [0.717, 1.165) is 5.56 Å². The Kier molecular flexibility index (Phi) is 4.49. The first-order valence-corrected chi connectivity index (χ1v) is 6.83. The van der Waals surface area contributed by atoms with Crippen LogP contribution in [0.25, 0.3) is 6.08 Å². The predicted molar refractivity (Wildman–Crippen MR) is 79.9 cm³/mol. The number of nitrogens with one attached hydrogen (secondary N) is 1. The summed E-state index contributed by atoms with van der Waals surface area (Å²) in [6, 6.07) is 9.36. The molecule has 2 N–H and O–H groups in total. The van der Waals surface area contributed by atoms with Crippen LogP contribution in [0.5, 0.6) is 0 Å². The lowest BCUT2D eigenvalue weighted by atomic mass is 10.1. The Morgan fingerprint density at radius 2 is 1.95 bits per heavy atom. The highest BCUT2D eigenvalue weighted by Gasteiger charge is 2.10. The van der Waals surface area contributed by atoms with Gasteiger partial charge in [-0.1, -0.05) is 0 Å². The van der Waals surface area contributed by atoms with Crippen molar-refractivity contribution in [3.05, 3.63) is 57.8 Å². The summed E-state index contributed by atoms with van der Waals surface area (Å²) in [7, 11) is 0. The van der Waals surface area contributed by atoms with Crippen molar-refractivity contribution in [3.63, 3.8) is 0 Å². The van der Waals surface area contributed by atoms with E-state index in [4.69, 9.17) is 10.4 Å². The van der Waals surface area contributed by atoms with Crippen LogP contribution < -0.4 is 5.32 Å². The molecule has 1 aromatic carbocycles. The van der Waals surface area contributed by atoms with Crippen molar-refractivity contribution in [1.82, 2.24) is 0 Å². The molecule has 0 aliphatic carbocycles. The average Bonchev–Trinajstić information content (AvgIpc) is 2.98. The van der Waals surface area contributed by atoms with Crippen LogP contribution in [0.2, 0.25) is 0 Å². The van der Waals surface area contributed by atoms with Gasteiger partial charge in [0.15, 0.2) is 0 Å². The molecular weight excluding hydrogens is 288 g/mol. The summed E-state index contributed by atoms with van der Waals surface area (Å²) in [5.74, 6) is -1.57. The number of carbonyl (C=O) groups excluding carboxylic acids is 1. The monoisotopic (exact) mass is 298 g/mol. The number of benzene rings is 1. The molecule has 21 heavy (non-hydrogen) atoms. The molecule has 0 aliphatic rings. The minimum absolute atomic E-state index is 0.0179. The summed E-state index contributed by atoms with van der Waals surface area (Å²) in [5.41, 5.74) is 1.32. The van der Waals surface area contributed by atoms with Crippen LogP contribution in [0.1, 0.15) is 15.9 Å². The van der Waals surface area contributed by atoms with Crippen molar-refractivity contribution in [2.24, 2.45) is 0 Å². The van der Waals surface area contributed by atoms with Crippen LogP contribution in [0.4, 0.5) is 5.69 Å². The normalized spacial score (nSPS) is 10.7. The fourth-order valence-electron chi connectivity index (χ4n) is 1.57. The van der Waals surface area contributed by atoms with Crippen molar-refractivity contribution in [2.75, 3.05) is 5.32 Å². The summed E-state index contributed by atoms with van der Waals surface area (Å²) in [6.45, 7) is 0. The smallest absolute Gasteiger partial charge is 0.335 e. The van der Waals surface area contributed by atoms with E-state index in [0.29, 0.717) is 5.69 Å². The molecule has 5 nitrogen and oxygen atoms in total. The van der Waals surface area contributed by atoms with Gasteiger partial charge >= 0.3 is 5.97 Å². The first-order valence-electron chi connectivity index (χ1n) is 5.89. The molecule has 0 saturated carbocycles. The maximum Gasteiger partial charge on any atom is 0.335 e. The SMILES string of the molecule is N#C/C(=C/c1ccsc1)C(=O)Nc1ccc(C(=O)O)cc1. The maximum absolute atomic E-state index is 12.0. The van der Waals surface area contributed by atoms with E-state index in [2.05, 4.69) is 5.32 Å². The van der Waals surface area contributed by atoms with Gasteiger partial charge in [-0.05, 0) is 52.7 Å². The zero-order chi connectivity index (χ0) is 15.2. The van der Waals surface area contributed by atoms with Gasteiger partial charge in [0, 0.05) is 5.69 Å². The maximum atomic E-state index is 12.0. The molecule has 0 fully saturated rings. The number of anilines is 1. The second kappa shape index (κ2) is 6.50. The number of thiophene rings is 1. The summed E-state index contributed by atoms with van der Waals surface area (Å²) in [6.07, 6.45) is 1.50.